The van der Waals surface area contributed by atoms with Gasteiger partial charge >= 0.3 is 11.9 Å². The van der Waals surface area contributed by atoms with E-state index >= 15 is 0 Å². The third kappa shape index (κ3) is 9.99. The molecule has 1 aromatic heterocycles. The molecule has 1 aliphatic rings. The van der Waals surface area contributed by atoms with Crippen LogP contribution in [0.15, 0.2) is 41.4 Å². The van der Waals surface area contributed by atoms with Crippen molar-refractivity contribution in [3.05, 3.63) is 52.4 Å². The van der Waals surface area contributed by atoms with Crippen LogP contribution in [0.5, 0.6) is 0 Å². The summed E-state index contributed by atoms with van der Waals surface area (Å²) in [6.45, 7) is 11.3. The molecule has 234 valence electrons. The zero-order valence-corrected chi connectivity index (χ0v) is 26.1. The number of aliphatic imine (C=N–C) groups is 1. The van der Waals surface area contributed by atoms with Gasteiger partial charge in [0.15, 0.2) is 0 Å². The number of hydrogen-bond acceptors (Lipinski definition) is 9. The molecule has 12 heteroatoms. The molecule has 0 atom stereocenters. The summed E-state index contributed by atoms with van der Waals surface area (Å²) in [7, 11) is 0. The van der Waals surface area contributed by atoms with Crippen molar-refractivity contribution in [3.8, 4) is 0 Å². The minimum Gasteiger partial charge on any atom is -0.480 e. The molecule has 1 aromatic carbocycles. The van der Waals surface area contributed by atoms with Gasteiger partial charge in [0.25, 0.3) is 5.91 Å². The van der Waals surface area contributed by atoms with Crippen molar-refractivity contribution in [1.29, 1.82) is 0 Å². The number of aliphatic carboxylic acids is 2. The summed E-state index contributed by atoms with van der Waals surface area (Å²) in [5, 5.41) is 21.8. The molecule has 3 N–H and O–H groups in total. The van der Waals surface area contributed by atoms with E-state index in [2.05, 4.69) is 62.2 Å². The quantitative estimate of drug-likeness (QED) is 0.201. The number of nitrogens with one attached hydrogen (secondary N) is 1. The molecule has 1 aliphatic heterocycles. The molecular formula is C31H42N4O7S. The van der Waals surface area contributed by atoms with E-state index < -0.39 is 11.9 Å². The Balaban J connectivity index is 1.41. The van der Waals surface area contributed by atoms with Crippen molar-refractivity contribution in [3.63, 3.8) is 0 Å². The maximum absolute atomic E-state index is 12.8. The first-order chi connectivity index (χ1) is 20.5. The third-order valence-corrected chi connectivity index (χ3v) is 8.19. The predicted octanol–water partition coefficient (Wildman–Crippen LogP) is 3.91. The standard InChI is InChI=1S/C31H42N4O7S/c1-5-35(6-2)27-12-9-23(43-27)8-11-26-31(3,4)24-19-22(7-10-25(24)33-26)30(40)32-13-15-41-17-18-42-16-14-34(20-28(36)37)21-29(38)39/h7-12,19H,5-6,13-18,20-21H2,1-4H3,(H,32,40)(H,36,37)(H,38,39)/b11-8+. The fraction of sp³-hybridized carbons (Fsp3) is 0.484. The Morgan fingerprint density at radius 2 is 1.63 bits per heavy atom. The van der Waals surface area contributed by atoms with Crippen LogP contribution in [0.3, 0.4) is 0 Å². The summed E-state index contributed by atoms with van der Waals surface area (Å²) in [5.74, 6) is -2.39. The smallest absolute Gasteiger partial charge is 0.317 e. The normalized spacial score (nSPS) is 13.7. The predicted molar refractivity (Wildman–Crippen MR) is 169 cm³/mol. The first-order valence-corrected chi connectivity index (χ1v) is 15.2. The lowest BCUT2D eigenvalue weighted by Crippen LogP contribution is -2.37. The van der Waals surface area contributed by atoms with Crippen molar-refractivity contribution in [2.45, 2.75) is 33.1 Å². The Labute approximate surface area is 256 Å². The molecule has 0 fully saturated rings. The summed E-state index contributed by atoms with van der Waals surface area (Å²) in [6.07, 6.45) is 4.18. The lowest BCUT2D eigenvalue weighted by molar-refractivity contribution is -0.142. The number of thiophene rings is 1. The molecule has 0 aliphatic carbocycles. The number of nitrogens with zero attached hydrogens (tertiary/aromatic N) is 3. The van der Waals surface area contributed by atoms with E-state index in [9.17, 15) is 14.4 Å². The van der Waals surface area contributed by atoms with Crippen molar-refractivity contribution < 1.29 is 34.1 Å². The minimum atomic E-state index is -1.10. The zero-order chi connectivity index (χ0) is 31.4. The van der Waals surface area contributed by atoms with Crippen molar-refractivity contribution >= 4 is 51.7 Å². The fourth-order valence-corrected chi connectivity index (χ4v) is 5.71. The van der Waals surface area contributed by atoms with Gasteiger partial charge in [0.05, 0.1) is 55.9 Å². The van der Waals surface area contributed by atoms with Crippen molar-refractivity contribution in [1.82, 2.24) is 10.2 Å². The van der Waals surface area contributed by atoms with E-state index in [1.165, 1.54) is 14.8 Å². The van der Waals surface area contributed by atoms with Crippen LogP contribution in [0.2, 0.25) is 0 Å². The van der Waals surface area contributed by atoms with E-state index in [4.69, 9.17) is 24.7 Å². The summed E-state index contributed by atoms with van der Waals surface area (Å²) in [5.41, 5.74) is 3.04. The van der Waals surface area contributed by atoms with Crippen LogP contribution in [-0.2, 0) is 24.5 Å². The van der Waals surface area contributed by atoms with Gasteiger partial charge < -0.3 is 29.9 Å². The van der Waals surface area contributed by atoms with E-state index in [1.807, 2.05) is 12.1 Å². The summed E-state index contributed by atoms with van der Waals surface area (Å²) < 4.78 is 10.9. The largest absolute Gasteiger partial charge is 0.480 e. The Hall–Kier alpha value is -3.58. The molecule has 0 radical (unpaired) electrons. The number of amides is 1. The molecule has 0 saturated heterocycles. The SMILES string of the molecule is CCN(CC)c1ccc(/C=C/C2=Nc3ccc(C(=O)NCCOCCOCCN(CC(=O)O)CC(=O)O)cc3C2(C)C)s1. The molecule has 0 unspecified atom stereocenters. The van der Waals surface area contributed by atoms with Crippen molar-refractivity contribution in [2.75, 3.05) is 70.6 Å². The second-order valence-corrected chi connectivity index (χ2v) is 11.6. The number of benzene rings is 1. The highest BCUT2D eigenvalue weighted by molar-refractivity contribution is 7.16. The number of hydrogen-bond donors (Lipinski definition) is 3. The molecule has 11 nitrogen and oxygen atoms in total. The van der Waals surface area contributed by atoms with Gasteiger partial charge in [-0.3, -0.25) is 24.3 Å². The van der Waals surface area contributed by atoms with Crippen LogP contribution < -0.4 is 10.2 Å². The highest BCUT2D eigenvalue weighted by atomic mass is 32.1. The maximum Gasteiger partial charge on any atom is 0.317 e. The topological polar surface area (TPSA) is 141 Å². The first kappa shape index (κ1) is 33.9. The number of anilines is 1. The fourth-order valence-electron chi connectivity index (χ4n) is 4.68. The number of carboxylic acids is 2. The molecule has 43 heavy (non-hydrogen) atoms. The van der Waals surface area contributed by atoms with Gasteiger partial charge in [-0.1, -0.05) is 13.8 Å². The Kier molecular flexibility index (Phi) is 12.9. The lowest BCUT2D eigenvalue weighted by atomic mass is 9.80. The highest BCUT2D eigenvalue weighted by Crippen LogP contribution is 2.41. The van der Waals surface area contributed by atoms with Crippen LogP contribution >= 0.6 is 11.3 Å². The molecule has 0 spiro atoms. The number of carbonyl (C=O) groups excluding carboxylic acids is 1. The van der Waals surface area contributed by atoms with Crippen LogP contribution in [0.4, 0.5) is 10.7 Å². The van der Waals surface area contributed by atoms with Gasteiger partial charge in [-0.25, -0.2) is 0 Å². The Bertz CT molecular complexity index is 1300. The van der Waals surface area contributed by atoms with Gasteiger partial charge in [0.2, 0.25) is 0 Å². The highest BCUT2D eigenvalue weighted by Gasteiger charge is 2.34. The second kappa shape index (κ2) is 16.3. The molecule has 3 rings (SSSR count). The zero-order valence-electron chi connectivity index (χ0n) is 25.3. The van der Waals surface area contributed by atoms with Gasteiger partial charge in [-0.05, 0) is 61.9 Å². The number of carbonyl (C=O) groups is 3. The second-order valence-electron chi connectivity index (χ2n) is 10.5. The Morgan fingerprint density at radius 1 is 0.953 bits per heavy atom. The average Bonchev–Trinajstić information content (AvgIpc) is 3.52. The summed E-state index contributed by atoms with van der Waals surface area (Å²) in [4.78, 5) is 44.1. The van der Waals surface area contributed by atoms with E-state index in [1.54, 1.807) is 17.4 Å². The maximum atomic E-state index is 12.8. The monoisotopic (exact) mass is 614 g/mol. The first-order valence-electron chi connectivity index (χ1n) is 14.4. The lowest BCUT2D eigenvalue weighted by Gasteiger charge is -2.21. The summed E-state index contributed by atoms with van der Waals surface area (Å²) in [6, 6.07) is 9.86. The van der Waals surface area contributed by atoms with Crippen molar-refractivity contribution in [2.24, 2.45) is 4.99 Å². The van der Waals surface area contributed by atoms with Crippen LogP contribution in [0, 0.1) is 0 Å². The molecular weight excluding hydrogens is 572 g/mol. The Morgan fingerprint density at radius 3 is 2.28 bits per heavy atom. The van der Waals surface area contributed by atoms with E-state index in [0.717, 1.165) is 30.1 Å². The molecule has 2 aromatic rings. The van der Waals surface area contributed by atoms with E-state index in [-0.39, 0.29) is 50.8 Å². The summed E-state index contributed by atoms with van der Waals surface area (Å²) >= 11 is 1.76. The average molecular weight is 615 g/mol. The number of carboxylic acid groups (broad SMARTS) is 2. The number of allylic oxidation sites excluding steroid dienone is 1. The number of rotatable bonds is 19. The molecule has 0 saturated carbocycles. The van der Waals surface area contributed by atoms with Gasteiger partial charge in [0.1, 0.15) is 0 Å². The van der Waals surface area contributed by atoms with E-state index in [0.29, 0.717) is 18.7 Å². The molecule has 1 amide bonds. The number of ether oxygens (including phenoxy) is 2. The van der Waals surface area contributed by atoms with Gasteiger partial charge in [0, 0.05) is 42.0 Å². The molecule has 2 heterocycles. The third-order valence-electron chi connectivity index (χ3n) is 7.08. The van der Waals surface area contributed by atoms with Crippen LogP contribution in [0.1, 0.15) is 48.5 Å². The minimum absolute atomic E-state index is 0.182. The van der Waals surface area contributed by atoms with Crippen LogP contribution in [0.25, 0.3) is 6.08 Å². The van der Waals surface area contributed by atoms with Gasteiger partial charge in [-0.15, -0.1) is 11.3 Å². The van der Waals surface area contributed by atoms with Gasteiger partial charge in [-0.2, -0.15) is 0 Å². The molecule has 0 bridgehead atoms. The van der Waals surface area contributed by atoms with Crippen LogP contribution in [-0.4, -0.2) is 104 Å². The number of fused-ring (bicyclic) bond motifs is 1.